The molecule has 0 aromatic heterocycles. The van der Waals surface area contributed by atoms with Gasteiger partial charge in [0.25, 0.3) is 0 Å². The SMILES string of the molecule is CC1NNC2C(C3CCC(C(=O)N4CCN(C(C)C5(N)CC5)CC4)CC3)CCCC12. The minimum Gasteiger partial charge on any atom is -0.340 e. The number of nitrogens with one attached hydrogen (secondary N) is 2. The van der Waals surface area contributed by atoms with Crippen LogP contribution in [0.3, 0.4) is 0 Å². The lowest BCUT2D eigenvalue weighted by molar-refractivity contribution is -0.139. The smallest absolute Gasteiger partial charge is 0.225 e. The maximum Gasteiger partial charge on any atom is 0.225 e. The standard InChI is InChI=1S/C24H43N5O/c1-16-20-4-3-5-21(22(20)27-26-16)18-6-8-19(9-7-18)23(30)29-14-12-28(13-15-29)17(2)24(25)10-11-24/h16-22,26-27H,3-15,25H2,1-2H3. The van der Waals surface area contributed by atoms with Crippen molar-refractivity contribution in [3.8, 4) is 0 Å². The van der Waals surface area contributed by atoms with Gasteiger partial charge in [0, 0.05) is 55.8 Å². The number of fused-ring (bicyclic) bond motifs is 1. The van der Waals surface area contributed by atoms with E-state index in [2.05, 4.69) is 34.5 Å². The van der Waals surface area contributed by atoms with Gasteiger partial charge in [-0.25, -0.2) is 0 Å². The normalized spacial score (nSPS) is 42.6. The Morgan fingerprint density at radius 1 is 0.967 bits per heavy atom. The Labute approximate surface area is 182 Å². The summed E-state index contributed by atoms with van der Waals surface area (Å²) in [7, 11) is 0. The van der Waals surface area contributed by atoms with Crippen LogP contribution in [-0.4, -0.2) is 65.6 Å². The molecule has 30 heavy (non-hydrogen) atoms. The van der Waals surface area contributed by atoms with Crippen LogP contribution in [0, 0.1) is 23.7 Å². The largest absolute Gasteiger partial charge is 0.340 e. The zero-order valence-corrected chi connectivity index (χ0v) is 19.1. The molecule has 6 heteroatoms. The van der Waals surface area contributed by atoms with Crippen LogP contribution in [0.4, 0.5) is 0 Å². The number of nitrogens with two attached hydrogens (primary N) is 1. The Morgan fingerprint density at radius 3 is 2.30 bits per heavy atom. The first-order chi connectivity index (χ1) is 14.5. The number of hydrogen-bond donors (Lipinski definition) is 3. The summed E-state index contributed by atoms with van der Waals surface area (Å²) in [5.74, 6) is 3.10. The molecule has 0 bridgehead atoms. The molecule has 6 nitrogen and oxygen atoms in total. The van der Waals surface area contributed by atoms with Crippen molar-refractivity contribution in [3.63, 3.8) is 0 Å². The van der Waals surface area contributed by atoms with E-state index in [0.29, 0.717) is 24.0 Å². The first-order valence-electron chi connectivity index (χ1n) is 12.8. The fraction of sp³-hybridized carbons (Fsp3) is 0.958. The molecule has 2 aliphatic heterocycles. The second-order valence-corrected chi connectivity index (χ2v) is 11.2. The van der Waals surface area contributed by atoms with Gasteiger partial charge in [-0.15, -0.1) is 0 Å². The zero-order chi connectivity index (χ0) is 20.9. The molecule has 170 valence electrons. The van der Waals surface area contributed by atoms with E-state index >= 15 is 0 Å². The Bertz CT molecular complexity index is 621. The van der Waals surface area contributed by atoms with E-state index in [9.17, 15) is 4.79 Å². The third kappa shape index (κ3) is 3.94. The summed E-state index contributed by atoms with van der Waals surface area (Å²) in [5.41, 5.74) is 13.6. The van der Waals surface area contributed by atoms with Gasteiger partial charge in [-0.3, -0.25) is 20.5 Å². The van der Waals surface area contributed by atoms with E-state index in [-0.39, 0.29) is 11.5 Å². The van der Waals surface area contributed by atoms with Gasteiger partial charge in [-0.2, -0.15) is 0 Å². The predicted molar refractivity (Wildman–Crippen MR) is 120 cm³/mol. The molecule has 2 heterocycles. The predicted octanol–water partition coefficient (Wildman–Crippen LogP) is 2.10. The zero-order valence-electron chi connectivity index (χ0n) is 19.1. The molecule has 5 rings (SSSR count). The number of hydrazine groups is 1. The minimum absolute atomic E-state index is 0.0458. The Hall–Kier alpha value is -0.690. The summed E-state index contributed by atoms with van der Waals surface area (Å²) in [4.78, 5) is 17.9. The van der Waals surface area contributed by atoms with E-state index < -0.39 is 0 Å². The Kier molecular flexibility index (Phi) is 5.89. The number of nitrogens with zero attached hydrogens (tertiary/aromatic N) is 2. The van der Waals surface area contributed by atoms with Crippen molar-refractivity contribution in [1.82, 2.24) is 20.7 Å². The van der Waals surface area contributed by atoms with Gasteiger partial charge in [0.15, 0.2) is 0 Å². The lowest BCUT2D eigenvalue weighted by Gasteiger charge is -2.43. The van der Waals surface area contributed by atoms with Crippen LogP contribution in [0.25, 0.3) is 0 Å². The van der Waals surface area contributed by atoms with Gasteiger partial charge in [-0.1, -0.05) is 6.42 Å². The first-order valence-corrected chi connectivity index (χ1v) is 12.8. The molecule has 0 spiro atoms. The highest BCUT2D eigenvalue weighted by atomic mass is 16.2. The average molecular weight is 418 g/mol. The lowest BCUT2D eigenvalue weighted by atomic mass is 9.65. The molecule has 1 amide bonds. The van der Waals surface area contributed by atoms with Crippen LogP contribution in [-0.2, 0) is 4.79 Å². The molecule has 4 N–H and O–H groups in total. The van der Waals surface area contributed by atoms with E-state index in [4.69, 9.17) is 5.73 Å². The number of piperazine rings is 1. The van der Waals surface area contributed by atoms with Crippen LogP contribution in [0.15, 0.2) is 0 Å². The molecule has 0 radical (unpaired) electrons. The maximum absolute atomic E-state index is 13.2. The topological polar surface area (TPSA) is 73.6 Å². The van der Waals surface area contributed by atoms with Gasteiger partial charge >= 0.3 is 0 Å². The molecule has 2 saturated heterocycles. The third-order valence-electron chi connectivity index (χ3n) is 9.68. The van der Waals surface area contributed by atoms with Gasteiger partial charge < -0.3 is 10.6 Å². The highest BCUT2D eigenvalue weighted by Crippen LogP contribution is 2.44. The molecule has 0 aromatic rings. The van der Waals surface area contributed by atoms with E-state index in [1.165, 1.54) is 32.1 Å². The van der Waals surface area contributed by atoms with Gasteiger partial charge in [0.05, 0.1) is 0 Å². The summed E-state index contributed by atoms with van der Waals surface area (Å²) in [6.45, 7) is 8.36. The number of hydrogen-bond acceptors (Lipinski definition) is 5. The summed E-state index contributed by atoms with van der Waals surface area (Å²) in [6.07, 6.45) is 11.1. The number of carbonyl (C=O) groups is 1. The molecule has 0 aromatic carbocycles. The fourth-order valence-electron chi connectivity index (χ4n) is 7.21. The minimum atomic E-state index is 0.0458. The molecule has 5 unspecified atom stereocenters. The second-order valence-electron chi connectivity index (χ2n) is 11.2. The quantitative estimate of drug-likeness (QED) is 0.653. The average Bonchev–Trinajstić information content (AvgIpc) is 3.43. The Morgan fingerprint density at radius 2 is 1.63 bits per heavy atom. The number of rotatable bonds is 4. The molecule has 3 aliphatic carbocycles. The van der Waals surface area contributed by atoms with Gasteiger partial charge in [0.2, 0.25) is 5.91 Å². The second kappa shape index (κ2) is 8.34. The van der Waals surface area contributed by atoms with Crippen molar-refractivity contribution in [3.05, 3.63) is 0 Å². The van der Waals surface area contributed by atoms with Crippen LogP contribution in [0.2, 0.25) is 0 Å². The van der Waals surface area contributed by atoms with Crippen molar-refractivity contribution in [2.45, 2.75) is 95.3 Å². The van der Waals surface area contributed by atoms with E-state index in [0.717, 1.165) is 69.6 Å². The number of amides is 1. The number of carbonyl (C=O) groups excluding carboxylic acids is 1. The van der Waals surface area contributed by atoms with Gasteiger partial charge in [-0.05, 0) is 83.0 Å². The molecule has 5 atom stereocenters. The van der Waals surface area contributed by atoms with Crippen LogP contribution in [0.5, 0.6) is 0 Å². The summed E-state index contributed by atoms with van der Waals surface area (Å²) < 4.78 is 0. The molecule has 5 fully saturated rings. The van der Waals surface area contributed by atoms with Crippen molar-refractivity contribution in [2.75, 3.05) is 26.2 Å². The summed E-state index contributed by atoms with van der Waals surface area (Å²) >= 11 is 0. The van der Waals surface area contributed by atoms with Crippen molar-refractivity contribution >= 4 is 5.91 Å². The monoisotopic (exact) mass is 417 g/mol. The molecule has 5 aliphatic rings. The first kappa shape index (κ1) is 21.2. The van der Waals surface area contributed by atoms with Crippen LogP contribution >= 0.6 is 0 Å². The summed E-state index contributed by atoms with van der Waals surface area (Å²) in [6, 6.07) is 1.70. The lowest BCUT2D eigenvalue weighted by Crippen LogP contribution is -2.57. The highest BCUT2D eigenvalue weighted by molar-refractivity contribution is 5.79. The molecular formula is C24H43N5O. The maximum atomic E-state index is 13.2. The van der Waals surface area contributed by atoms with E-state index in [1.807, 2.05) is 0 Å². The third-order valence-corrected chi connectivity index (χ3v) is 9.68. The summed E-state index contributed by atoms with van der Waals surface area (Å²) in [5, 5.41) is 0. The fourth-order valence-corrected chi connectivity index (χ4v) is 7.21. The van der Waals surface area contributed by atoms with Crippen LogP contribution in [0.1, 0.15) is 71.6 Å². The highest BCUT2D eigenvalue weighted by Gasteiger charge is 2.47. The van der Waals surface area contributed by atoms with Crippen molar-refractivity contribution < 1.29 is 4.79 Å². The van der Waals surface area contributed by atoms with Gasteiger partial charge in [0.1, 0.15) is 0 Å². The van der Waals surface area contributed by atoms with E-state index in [1.54, 1.807) is 0 Å². The van der Waals surface area contributed by atoms with Crippen molar-refractivity contribution in [2.24, 2.45) is 29.4 Å². The molecule has 3 saturated carbocycles. The Balaban J connectivity index is 1.10. The van der Waals surface area contributed by atoms with Crippen molar-refractivity contribution in [1.29, 1.82) is 0 Å². The van der Waals surface area contributed by atoms with Crippen LogP contribution < -0.4 is 16.6 Å². The molecular weight excluding hydrogens is 374 g/mol.